The topological polar surface area (TPSA) is 90.5 Å². The Morgan fingerprint density at radius 2 is 2.00 bits per heavy atom. The van der Waals surface area contributed by atoms with Gasteiger partial charge in [0, 0.05) is 0 Å². The highest BCUT2D eigenvalue weighted by molar-refractivity contribution is 6.33. The number of aromatic nitrogens is 1. The number of benzene rings is 2. The number of hydrogen-bond acceptors (Lipinski definition) is 5. The molecule has 0 unspecified atom stereocenters. The van der Waals surface area contributed by atoms with E-state index in [-0.39, 0.29) is 6.54 Å². The summed E-state index contributed by atoms with van der Waals surface area (Å²) in [6.45, 7) is 1.03. The quantitative estimate of drug-likeness (QED) is 0.693. The van der Waals surface area contributed by atoms with Crippen LogP contribution in [0.25, 0.3) is 11.1 Å². The van der Waals surface area contributed by atoms with E-state index in [1.54, 1.807) is 42.5 Å². The van der Waals surface area contributed by atoms with Crippen molar-refractivity contribution < 1.29 is 18.7 Å². The molecule has 7 nitrogen and oxygen atoms in total. The number of fused-ring (bicyclic) bond motifs is 1. The zero-order valence-corrected chi connectivity index (χ0v) is 14.6. The lowest BCUT2D eigenvalue weighted by Gasteiger charge is -2.08. The Bertz CT molecular complexity index is 1040. The first-order chi connectivity index (χ1) is 12.4. The maximum absolute atomic E-state index is 11.9. The van der Waals surface area contributed by atoms with Gasteiger partial charge in [0.2, 0.25) is 0 Å². The Labute approximate surface area is 153 Å². The molecule has 0 aliphatic carbocycles. The van der Waals surface area contributed by atoms with E-state index in [1.165, 1.54) is 0 Å². The number of halogens is 1. The van der Waals surface area contributed by atoms with Gasteiger partial charge in [0.15, 0.2) is 12.2 Å². The fourth-order valence-corrected chi connectivity index (χ4v) is 2.67. The van der Waals surface area contributed by atoms with Gasteiger partial charge in [-0.05, 0) is 36.8 Å². The van der Waals surface area contributed by atoms with Gasteiger partial charge in [-0.3, -0.25) is 14.2 Å². The van der Waals surface area contributed by atoms with Gasteiger partial charge < -0.3 is 14.5 Å². The molecule has 0 aliphatic rings. The Hall–Kier alpha value is -3.06. The number of carbonyl (C=O) groups is 2. The lowest BCUT2D eigenvalue weighted by atomic mass is 10.2. The smallest absolute Gasteiger partial charge is 0.420 e. The van der Waals surface area contributed by atoms with Crippen molar-refractivity contribution in [3.63, 3.8) is 0 Å². The number of oxazole rings is 1. The molecule has 0 saturated carbocycles. The van der Waals surface area contributed by atoms with Crippen LogP contribution in [0.4, 0.5) is 5.69 Å². The highest BCUT2D eigenvalue weighted by Crippen LogP contribution is 2.22. The van der Waals surface area contributed by atoms with Gasteiger partial charge in [0.25, 0.3) is 5.91 Å². The molecule has 0 atom stereocenters. The van der Waals surface area contributed by atoms with Crippen molar-refractivity contribution in [2.24, 2.45) is 0 Å². The number of amides is 1. The van der Waals surface area contributed by atoms with Crippen LogP contribution in [0.2, 0.25) is 5.02 Å². The van der Waals surface area contributed by atoms with Gasteiger partial charge in [-0.15, -0.1) is 0 Å². The predicted octanol–water partition coefficient (Wildman–Crippen LogP) is 2.74. The van der Waals surface area contributed by atoms with E-state index in [1.807, 2.05) is 6.92 Å². The molecular weight excluding hydrogens is 360 g/mol. The molecule has 3 aromatic rings. The summed E-state index contributed by atoms with van der Waals surface area (Å²) in [6, 6.07) is 11.9. The van der Waals surface area contributed by atoms with Crippen LogP contribution in [0.3, 0.4) is 0 Å². The summed E-state index contributed by atoms with van der Waals surface area (Å²) in [5.41, 5.74) is 2.23. The van der Waals surface area contributed by atoms with Crippen LogP contribution in [-0.2, 0) is 20.9 Å². The summed E-state index contributed by atoms with van der Waals surface area (Å²) in [7, 11) is 0. The van der Waals surface area contributed by atoms with Gasteiger partial charge in [-0.2, -0.15) is 0 Å². The van der Waals surface area contributed by atoms with Crippen molar-refractivity contribution in [3.05, 3.63) is 63.6 Å². The average molecular weight is 375 g/mol. The lowest BCUT2D eigenvalue weighted by molar-refractivity contribution is -0.147. The second-order valence-corrected chi connectivity index (χ2v) is 6.02. The third kappa shape index (κ3) is 3.94. The van der Waals surface area contributed by atoms with Crippen LogP contribution in [0.1, 0.15) is 5.56 Å². The molecule has 0 fully saturated rings. The maximum Gasteiger partial charge on any atom is 0.420 e. The summed E-state index contributed by atoms with van der Waals surface area (Å²) >= 11 is 6.03. The summed E-state index contributed by atoms with van der Waals surface area (Å²) in [5.74, 6) is -1.93. The van der Waals surface area contributed by atoms with E-state index in [0.29, 0.717) is 21.8 Å². The van der Waals surface area contributed by atoms with E-state index in [4.69, 9.17) is 20.8 Å². The number of carbonyl (C=O) groups excluding carboxylic acids is 2. The number of aryl methyl sites for hydroxylation is 1. The van der Waals surface area contributed by atoms with Gasteiger partial charge in [-0.25, -0.2) is 4.79 Å². The molecule has 8 heteroatoms. The highest BCUT2D eigenvalue weighted by atomic mass is 35.5. The van der Waals surface area contributed by atoms with Crippen LogP contribution in [0, 0.1) is 6.92 Å². The molecule has 0 spiro atoms. The van der Waals surface area contributed by atoms with Crippen LogP contribution in [0.15, 0.2) is 51.7 Å². The molecule has 1 N–H and O–H groups in total. The molecule has 1 amide bonds. The molecule has 0 radical (unpaired) electrons. The minimum atomic E-state index is -0.733. The van der Waals surface area contributed by atoms with Crippen molar-refractivity contribution in [2.45, 2.75) is 13.5 Å². The second-order valence-electron chi connectivity index (χ2n) is 5.61. The molecule has 2 aromatic carbocycles. The number of anilines is 1. The number of esters is 1. The van der Waals surface area contributed by atoms with E-state index in [0.717, 1.165) is 10.1 Å². The summed E-state index contributed by atoms with van der Waals surface area (Å²) < 4.78 is 11.1. The van der Waals surface area contributed by atoms with Crippen molar-refractivity contribution in [1.82, 2.24) is 4.57 Å². The van der Waals surface area contributed by atoms with Gasteiger partial charge in [0.05, 0.1) is 16.2 Å². The molecule has 26 heavy (non-hydrogen) atoms. The van der Waals surface area contributed by atoms with E-state index < -0.39 is 24.2 Å². The first kappa shape index (κ1) is 17.8. The first-order valence-corrected chi connectivity index (χ1v) is 8.12. The van der Waals surface area contributed by atoms with Crippen molar-refractivity contribution in [1.29, 1.82) is 0 Å². The van der Waals surface area contributed by atoms with Crippen molar-refractivity contribution in [3.8, 4) is 0 Å². The van der Waals surface area contributed by atoms with E-state index in [9.17, 15) is 14.4 Å². The minimum Gasteiger partial charge on any atom is -0.454 e. The van der Waals surface area contributed by atoms with E-state index >= 15 is 0 Å². The number of nitrogens with zero attached hydrogens (tertiary/aromatic N) is 1. The summed E-state index contributed by atoms with van der Waals surface area (Å²) in [6.07, 6.45) is 0. The normalized spacial score (nSPS) is 10.7. The van der Waals surface area contributed by atoms with Crippen LogP contribution < -0.4 is 11.1 Å². The molecule has 0 aliphatic heterocycles. The molecule has 0 bridgehead atoms. The first-order valence-electron chi connectivity index (χ1n) is 7.74. The van der Waals surface area contributed by atoms with Gasteiger partial charge in [0.1, 0.15) is 6.54 Å². The predicted molar refractivity (Wildman–Crippen MR) is 96.3 cm³/mol. The fourth-order valence-electron chi connectivity index (χ4n) is 2.39. The molecule has 134 valence electrons. The van der Waals surface area contributed by atoms with Crippen LogP contribution in [-0.4, -0.2) is 23.1 Å². The molecular formula is C18H15ClN2O5. The zero-order chi connectivity index (χ0) is 18.7. The van der Waals surface area contributed by atoms with Gasteiger partial charge >= 0.3 is 11.7 Å². The maximum atomic E-state index is 11.9. The molecule has 1 aromatic heterocycles. The zero-order valence-electron chi connectivity index (χ0n) is 13.8. The fraction of sp³-hybridized carbons (Fsp3) is 0.167. The SMILES string of the molecule is Cc1ccc(NC(=O)COC(=O)Cn2c(=O)oc3ccccc32)c(Cl)c1. The van der Waals surface area contributed by atoms with Crippen LogP contribution in [0.5, 0.6) is 0 Å². The lowest BCUT2D eigenvalue weighted by Crippen LogP contribution is -2.25. The number of ether oxygens (including phenoxy) is 1. The molecule has 1 heterocycles. The second kappa shape index (κ2) is 7.45. The summed E-state index contributed by atoms with van der Waals surface area (Å²) in [4.78, 5) is 35.7. The average Bonchev–Trinajstić information content (AvgIpc) is 2.91. The number of nitrogens with one attached hydrogen (secondary N) is 1. The van der Waals surface area contributed by atoms with Crippen molar-refractivity contribution >= 4 is 40.3 Å². The van der Waals surface area contributed by atoms with Crippen LogP contribution >= 0.6 is 11.6 Å². The third-order valence-electron chi connectivity index (χ3n) is 3.62. The Morgan fingerprint density at radius 1 is 1.23 bits per heavy atom. The number of para-hydroxylation sites is 2. The van der Waals surface area contributed by atoms with Gasteiger partial charge in [-0.1, -0.05) is 29.8 Å². The Balaban J connectivity index is 1.59. The third-order valence-corrected chi connectivity index (χ3v) is 3.94. The highest BCUT2D eigenvalue weighted by Gasteiger charge is 2.15. The Morgan fingerprint density at radius 3 is 2.77 bits per heavy atom. The number of rotatable bonds is 5. The monoisotopic (exact) mass is 374 g/mol. The largest absolute Gasteiger partial charge is 0.454 e. The Kier molecular flexibility index (Phi) is 5.09. The minimum absolute atomic E-state index is 0.353. The molecule has 0 saturated heterocycles. The summed E-state index contributed by atoms with van der Waals surface area (Å²) in [5, 5.41) is 2.95. The van der Waals surface area contributed by atoms with Crippen molar-refractivity contribution in [2.75, 3.05) is 11.9 Å². The molecule has 3 rings (SSSR count). The van der Waals surface area contributed by atoms with E-state index in [2.05, 4.69) is 5.32 Å². The number of hydrogen-bond donors (Lipinski definition) is 1. The standard InChI is InChI=1S/C18H15ClN2O5/c1-11-6-7-13(12(19)8-11)20-16(22)10-25-17(23)9-21-14-4-2-3-5-15(14)26-18(21)24/h2-8H,9-10H2,1H3,(H,20,22).